The number of hydrogen-bond acceptors (Lipinski definition) is 8. The van der Waals surface area contributed by atoms with Gasteiger partial charge in [0, 0.05) is 0 Å². The number of unbranched alkanes of at least 4 members (excludes halogenated alkanes) is 1. The summed E-state index contributed by atoms with van der Waals surface area (Å²) in [4.78, 5) is 46.8. The number of thiazole rings is 1. The Bertz CT molecular complexity index is 1680. The minimum Gasteiger partial charge on any atom is -0.494 e. The number of nitrogens with zero attached hydrogens (tertiary/aromatic N) is 2. The Morgan fingerprint density at radius 3 is 2.58 bits per heavy atom. The van der Waals surface area contributed by atoms with Gasteiger partial charge in [0.25, 0.3) is 5.91 Å². The van der Waals surface area contributed by atoms with Gasteiger partial charge >= 0.3 is 5.97 Å². The minimum absolute atomic E-state index is 0.0299. The van der Waals surface area contributed by atoms with Crippen LogP contribution < -0.4 is 15.1 Å². The van der Waals surface area contributed by atoms with Crippen LogP contribution in [0, 0.1) is 20.8 Å². The van der Waals surface area contributed by atoms with Crippen molar-refractivity contribution in [1.82, 2.24) is 4.98 Å². The molecule has 8 nitrogen and oxygen atoms in total. The maximum atomic E-state index is 14.0. The Morgan fingerprint density at radius 2 is 1.88 bits per heavy atom. The number of esters is 1. The molecule has 0 saturated heterocycles. The molecule has 2 aromatic heterocycles. The number of aromatic nitrogens is 1. The van der Waals surface area contributed by atoms with Crippen molar-refractivity contribution in [2.75, 3.05) is 18.1 Å². The van der Waals surface area contributed by atoms with Crippen LogP contribution in [-0.2, 0) is 4.74 Å². The fourth-order valence-electron chi connectivity index (χ4n) is 4.70. The first-order chi connectivity index (χ1) is 19.2. The molecule has 1 aliphatic rings. The summed E-state index contributed by atoms with van der Waals surface area (Å²) in [5, 5.41) is 0.675. The average Bonchev–Trinajstić information content (AvgIpc) is 3.46. The molecule has 0 aliphatic carbocycles. The van der Waals surface area contributed by atoms with Gasteiger partial charge in [0.05, 0.1) is 29.3 Å². The van der Waals surface area contributed by atoms with Crippen molar-refractivity contribution in [2.24, 2.45) is 0 Å². The number of aryl methyl sites for hydroxylation is 3. The molecule has 0 bridgehead atoms. The molecule has 1 amide bonds. The summed E-state index contributed by atoms with van der Waals surface area (Å²) in [6.45, 7) is 11.9. The SMILES string of the molecule is C=CCOC(=O)c1sc(N2C(=O)c3oc4cc(C)c(C)cc4c(=O)c3C2c2ccc(OCCCC)cc2)nc1C. The first-order valence-corrected chi connectivity index (χ1v) is 14.0. The van der Waals surface area contributed by atoms with E-state index < -0.39 is 17.9 Å². The second-order valence-corrected chi connectivity index (χ2v) is 10.7. The number of carbonyl (C=O) groups excluding carboxylic acids is 2. The lowest BCUT2D eigenvalue weighted by Crippen LogP contribution is -2.29. The second-order valence-electron chi connectivity index (χ2n) is 9.75. The molecule has 2 aromatic carbocycles. The fraction of sp³-hybridized carbons (Fsp3) is 0.290. The van der Waals surface area contributed by atoms with Crippen molar-refractivity contribution >= 4 is 39.3 Å². The van der Waals surface area contributed by atoms with Crippen molar-refractivity contribution in [3.05, 3.63) is 97.9 Å². The van der Waals surface area contributed by atoms with Gasteiger partial charge in [-0.05, 0) is 68.1 Å². The fourth-order valence-corrected chi connectivity index (χ4v) is 5.68. The number of anilines is 1. The van der Waals surface area contributed by atoms with Crippen LogP contribution in [0.2, 0.25) is 0 Å². The lowest BCUT2D eigenvalue weighted by Gasteiger charge is -2.22. The Hall–Kier alpha value is -4.24. The summed E-state index contributed by atoms with van der Waals surface area (Å²) in [5.74, 6) is -0.387. The summed E-state index contributed by atoms with van der Waals surface area (Å²) < 4.78 is 17.2. The van der Waals surface area contributed by atoms with Gasteiger partial charge in [-0.2, -0.15) is 0 Å². The smallest absolute Gasteiger partial charge is 0.350 e. The van der Waals surface area contributed by atoms with Crippen molar-refractivity contribution in [2.45, 2.75) is 46.6 Å². The highest BCUT2D eigenvalue weighted by Crippen LogP contribution is 2.43. The van der Waals surface area contributed by atoms with Gasteiger partial charge in [-0.1, -0.05) is 49.5 Å². The van der Waals surface area contributed by atoms with E-state index in [1.54, 1.807) is 19.1 Å². The predicted octanol–water partition coefficient (Wildman–Crippen LogP) is 6.45. The molecule has 5 rings (SSSR count). The molecular formula is C31H30N2O6S. The van der Waals surface area contributed by atoms with Gasteiger partial charge < -0.3 is 13.9 Å². The van der Waals surface area contributed by atoms with Crippen LogP contribution in [0.3, 0.4) is 0 Å². The lowest BCUT2D eigenvalue weighted by atomic mass is 9.97. The van der Waals surface area contributed by atoms with Gasteiger partial charge in [-0.15, -0.1) is 0 Å². The molecule has 0 radical (unpaired) electrons. The standard InChI is InChI=1S/C31H30N2O6S/c1-6-8-14-37-21-11-9-20(10-12-21)25-24-26(34)22-15-17(3)18(4)16-23(22)39-27(24)29(35)33(25)31-32-19(5)28(40-31)30(36)38-13-7-2/h7,9-12,15-16,25H,2,6,8,13-14H2,1,3-5H3. The Labute approximate surface area is 235 Å². The van der Waals surface area contributed by atoms with Crippen LogP contribution in [0.25, 0.3) is 11.0 Å². The lowest BCUT2D eigenvalue weighted by molar-refractivity contribution is 0.0554. The molecule has 0 spiro atoms. The molecule has 0 saturated carbocycles. The number of hydrogen-bond donors (Lipinski definition) is 0. The highest BCUT2D eigenvalue weighted by molar-refractivity contribution is 7.17. The second kappa shape index (κ2) is 11.1. The number of ether oxygens (including phenoxy) is 2. The molecule has 0 N–H and O–H groups in total. The summed E-state index contributed by atoms with van der Waals surface area (Å²) in [7, 11) is 0. The van der Waals surface area contributed by atoms with Crippen LogP contribution >= 0.6 is 11.3 Å². The largest absolute Gasteiger partial charge is 0.494 e. The molecule has 0 fully saturated rings. The van der Waals surface area contributed by atoms with E-state index in [1.165, 1.54) is 11.0 Å². The van der Waals surface area contributed by atoms with Crippen LogP contribution in [0.4, 0.5) is 5.13 Å². The van der Waals surface area contributed by atoms with E-state index in [0.29, 0.717) is 34.6 Å². The maximum Gasteiger partial charge on any atom is 0.350 e. The van der Waals surface area contributed by atoms with E-state index in [2.05, 4.69) is 18.5 Å². The Morgan fingerprint density at radius 1 is 1.15 bits per heavy atom. The normalized spacial score (nSPS) is 14.4. The van der Waals surface area contributed by atoms with E-state index >= 15 is 0 Å². The van der Waals surface area contributed by atoms with Crippen LogP contribution in [0.15, 0.2) is 58.3 Å². The molecule has 206 valence electrons. The van der Waals surface area contributed by atoms with Crippen molar-refractivity contribution in [3.8, 4) is 5.75 Å². The molecule has 1 unspecified atom stereocenters. The van der Waals surface area contributed by atoms with Crippen molar-refractivity contribution in [3.63, 3.8) is 0 Å². The molecule has 3 heterocycles. The molecular weight excluding hydrogens is 528 g/mol. The summed E-state index contributed by atoms with van der Waals surface area (Å²) in [6, 6.07) is 10.1. The third-order valence-electron chi connectivity index (χ3n) is 6.96. The number of benzene rings is 2. The molecule has 40 heavy (non-hydrogen) atoms. The Kier molecular flexibility index (Phi) is 7.58. The predicted molar refractivity (Wildman–Crippen MR) is 155 cm³/mol. The zero-order chi connectivity index (χ0) is 28.6. The van der Waals surface area contributed by atoms with Crippen LogP contribution in [-0.4, -0.2) is 30.1 Å². The molecule has 9 heteroatoms. The molecule has 1 atom stereocenters. The summed E-state index contributed by atoms with van der Waals surface area (Å²) in [6.07, 6.45) is 3.44. The van der Waals surface area contributed by atoms with E-state index in [0.717, 1.165) is 35.3 Å². The maximum absolute atomic E-state index is 14.0. The number of amides is 1. The average molecular weight is 559 g/mol. The van der Waals surface area contributed by atoms with E-state index in [-0.39, 0.29) is 33.4 Å². The molecule has 4 aromatic rings. The topological polar surface area (TPSA) is 98.9 Å². The van der Waals surface area contributed by atoms with Gasteiger partial charge in [-0.3, -0.25) is 14.5 Å². The highest BCUT2D eigenvalue weighted by atomic mass is 32.1. The quantitative estimate of drug-likeness (QED) is 0.132. The molecule has 1 aliphatic heterocycles. The number of rotatable bonds is 9. The van der Waals surface area contributed by atoms with E-state index in [4.69, 9.17) is 13.9 Å². The minimum atomic E-state index is -0.808. The van der Waals surface area contributed by atoms with Gasteiger partial charge in [0.2, 0.25) is 5.76 Å². The number of fused-ring (bicyclic) bond motifs is 2. The zero-order valence-electron chi connectivity index (χ0n) is 22.9. The summed E-state index contributed by atoms with van der Waals surface area (Å²) >= 11 is 1.04. The van der Waals surface area contributed by atoms with Crippen molar-refractivity contribution < 1.29 is 23.5 Å². The summed E-state index contributed by atoms with van der Waals surface area (Å²) in [5.41, 5.74) is 3.33. The van der Waals surface area contributed by atoms with Crippen LogP contribution in [0.5, 0.6) is 5.75 Å². The Balaban J connectivity index is 1.66. The monoisotopic (exact) mass is 558 g/mol. The third kappa shape index (κ3) is 4.81. The highest BCUT2D eigenvalue weighted by Gasteiger charge is 2.45. The van der Waals surface area contributed by atoms with Gasteiger partial charge in [0.15, 0.2) is 10.6 Å². The van der Waals surface area contributed by atoms with Crippen LogP contribution in [0.1, 0.15) is 74.0 Å². The van der Waals surface area contributed by atoms with Crippen molar-refractivity contribution in [1.29, 1.82) is 0 Å². The first kappa shape index (κ1) is 27.3. The van der Waals surface area contributed by atoms with Gasteiger partial charge in [0.1, 0.15) is 22.8 Å². The zero-order valence-corrected chi connectivity index (χ0v) is 23.7. The number of carbonyl (C=O) groups is 2. The first-order valence-electron chi connectivity index (χ1n) is 13.1. The third-order valence-corrected chi connectivity index (χ3v) is 8.09. The van der Waals surface area contributed by atoms with Gasteiger partial charge in [-0.25, -0.2) is 9.78 Å². The van der Waals surface area contributed by atoms with E-state index in [1.807, 2.05) is 38.1 Å². The van der Waals surface area contributed by atoms with E-state index in [9.17, 15) is 14.4 Å².